The van der Waals surface area contributed by atoms with Gasteiger partial charge in [0, 0.05) is 24.2 Å². The van der Waals surface area contributed by atoms with E-state index in [0.29, 0.717) is 5.52 Å². The van der Waals surface area contributed by atoms with Crippen molar-refractivity contribution in [3.05, 3.63) is 48.3 Å². The van der Waals surface area contributed by atoms with Gasteiger partial charge < -0.3 is 5.11 Å². The summed E-state index contributed by atoms with van der Waals surface area (Å²) in [4.78, 5) is 23.9. The molecule has 0 aliphatic heterocycles. The quantitative estimate of drug-likeness (QED) is 0.795. The van der Waals surface area contributed by atoms with Gasteiger partial charge in [0.15, 0.2) is 0 Å². The molecular formula is C15H14N4O2. The van der Waals surface area contributed by atoms with Crippen LogP contribution < -0.4 is 0 Å². The van der Waals surface area contributed by atoms with Crippen LogP contribution in [0.3, 0.4) is 0 Å². The molecule has 0 saturated heterocycles. The van der Waals surface area contributed by atoms with Crippen LogP contribution in [0.4, 0.5) is 0 Å². The predicted octanol–water partition coefficient (Wildman–Crippen LogP) is 2.47. The largest absolute Gasteiger partial charge is 0.478 e. The van der Waals surface area contributed by atoms with Gasteiger partial charge in [-0.15, -0.1) is 0 Å². The maximum atomic E-state index is 11.0. The normalized spacial score (nSPS) is 10.9. The molecule has 0 amide bonds. The Morgan fingerprint density at radius 2 is 2.14 bits per heavy atom. The van der Waals surface area contributed by atoms with E-state index in [1.54, 1.807) is 24.4 Å². The molecule has 0 aliphatic rings. The Morgan fingerprint density at radius 1 is 1.29 bits per heavy atom. The van der Waals surface area contributed by atoms with Crippen LogP contribution in [0.5, 0.6) is 0 Å². The van der Waals surface area contributed by atoms with Crippen LogP contribution >= 0.6 is 0 Å². The summed E-state index contributed by atoms with van der Waals surface area (Å²) in [6.07, 6.45) is 6.89. The summed E-state index contributed by atoms with van der Waals surface area (Å²) in [5, 5.41) is 9.86. The number of benzene rings is 1. The zero-order valence-electron chi connectivity index (χ0n) is 11.5. The van der Waals surface area contributed by atoms with E-state index in [2.05, 4.69) is 21.9 Å². The molecule has 0 unspecified atom stereocenters. The van der Waals surface area contributed by atoms with Gasteiger partial charge in [-0.25, -0.2) is 19.7 Å². The number of rotatable bonds is 4. The second kappa shape index (κ2) is 5.32. The Labute approximate surface area is 121 Å². The highest BCUT2D eigenvalue weighted by Gasteiger charge is 2.11. The van der Waals surface area contributed by atoms with Gasteiger partial charge in [-0.05, 0) is 24.6 Å². The third kappa shape index (κ3) is 2.35. The van der Waals surface area contributed by atoms with Crippen LogP contribution in [0.1, 0.15) is 29.5 Å². The molecule has 106 valence electrons. The van der Waals surface area contributed by atoms with Crippen LogP contribution in [0, 0.1) is 0 Å². The molecule has 0 atom stereocenters. The maximum absolute atomic E-state index is 11.0. The Balaban J connectivity index is 2.19. The first-order chi connectivity index (χ1) is 10.2. The molecule has 0 aliphatic carbocycles. The van der Waals surface area contributed by atoms with E-state index in [1.807, 2.05) is 10.8 Å². The van der Waals surface area contributed by atoms with Gasteiger partial charge in [0.1, 0.15) is 18.0 Å². The Morgan fingerprint density at radius 3 is 2.90 bits per heavy atom. The summed E-state index contributed by atoms with van der Waals surface area (Å²) in [6, 6.07) is 4.86. The van der Waals surface area contributed by atoms with Gasteiger partial charge in [0.05, 0.1) is 11.1 Å². The van der Waals surface area contributed by atoms with E-state index in [0.717, 1.165) is 29.9 Å². The second-order valence-corrected chi connectivity index (χ2v) is 4.70. The fourth-order valence-electron chi connectivity index (χ4n) is 2.30. The van der Waals surface area contributed by atoms with Gasteiger partial charge >= 0.3 is 5.97 Å². The third-order valence-electron chi connectivity index (χ3n) is 3.28. The zero-order chi connectivity index (χ0) is 14.8. The average molecular weight is 282 g/mol. The molecule has 0 radical (unpaired) electrons. The summed E-state index contributed by atoms with van der Waals surface area (Å²) < 4.78 is 1.92. The molecule has 21 heavy (non-hydrogen) atoms. The van der Waals surface area contributed by atoms with E-state index < -0.39 is 5.97 Å². The van der Waals surface area contributed by atoms with Gasteiger partial charge in [0.2, 0.25) is 0 Å². The topological polar surface area (TPSA) is 80.9 Å². The Bertz CT molecular complexity index is 810. The molecule has 3 aromatic rings. The van der Waals surface area contributed by atoms with Crippen molar-refractivity contribution in [1.82, 2.24) is 19.5 Å². The standard InChI is InChI=1S/C15H14N4O2/c1-2-3-13-16-6-7-19(13)14-11-5-4-10(15(20)21)8-12(11)17-9-18-14/h4-9H,2-3H2,1H3,(H,20,21). The van der Waals surface area contributed by atoms with Crippen molar-refractivity contribution in [2.45, 2.75) is 19.8 Å². The molecule has 0 spiro atoms. The van der Waals surface area contributed by atoms with Crippen molar-refractivity contribution < 1.29 is 9.90 Å². The van der Waals surface area contributed by atoms with Crippen molar-refractivity contribution in [1.29, 1.82) is 0 Å². The van der Waals surface area contributed by atoms with Gasteiger partial charge in [-0.2, -0.15) is 0 Å². The number of hydrogen-bond acceptors (Lipinski definition) is 4. The minimum Gasteiger partial charge on any atom is -0.478 e. The van der Waals surface area contributed by atoms with Crippen molar-refractivity contribution in [2.24, 2.45) is 0 Å². The highest BCUT2D eigenvalue weighted by molar-refractivity contribution is 5.94. The van der Waals surface area contributed by atoms with Gasteiger partial charge in [-0.1, -0.05) is 6.92 Å². The Hall–Kier alpha value is -2.76. The number of aryl methyl sites for hydroxylation is 1. The maximum Gasteiger partial charge on any atom is 0.335 e. The number of carboxylic acid groups (broad SMARTS) is 1. The first-order valence-corrected chi connectivity index (χ1v) is 6.71. The Kier molecular flexibility index (Phi) is 3.35. The van der Waals surface area contributed by atoms with E-state index >= 15 is 0 Å². The summed E-state index contributed by atoms with van der Waals surface area (Å²) in [5.41, 5.74) is 0.822. The van der Waals surface area contributed by atoms with Crippen molar-refractivity contribution in [3.8, 4) is 5.82 Å². The summed E-state index contributed by atoms with van der Waals surface area (Å²) in [5.74, 6) is 0.684. The highest BCUT2D eigenvalue weighted by Crippen LogP contribution is 2.21. The SMILES string of the molecule is CCCc1nccn1-c1ncnc2cc(C(=O)O)ccc12. The van der Waals surface area contributed by atoms with Crippen LogP contribution in [0.2, 0.25) is 0 Å². The summed E-state index contributed by atoms with van der Waals surface area (Å²) in [6.45, 7) is 2.09. The number of imidazole rings is 1. The molecule has 0 fully saturated rings. The summed E-state index contributed by atoms with van der Waals surface area (Å²) >= 11 is 0. The van der Waals surface area contributed by atoms with Crippen LogP contribution in [-0.4, -0.2) is 30.6 Å². The lowest BCUT2D eigenvalue weighted by Crippen LogP contribution is -2.04. The molecule has 2 heterocycles. The van der Waals surface area contributed by atoms with E-state index in [1.165, 1.54) is 6.33 Å². The first-order valence-electron chi connectivity index (χ1n) is 6.71. The number of carbonyl (C=O) groups is 1. The fraction of sp³-hybridized carbons (Fsp3) is 0.200. The van der Waals surface area contributed by atoms with Crippen LogP contribution in [0.15, 0.2) is 36.9 Å². The summed E-state index contributed by atoms with van der Waals surface area (Å²) in [7, 11) is 0. The van der Waals surface area contributed by atoms with E-state index in [9.17, 15) is 4.79 Å². The van der Waals surface area contributed by atoms with Crippen LogP contribution in [0.25, 0.3) is 16.7 Å². The number of aromatic carboxylic acids is 1. The third-order valence-corrected chi connectivity index (χ3v) is 3.28. The molecule has 3 rings (SSSR count). The number of carboxylic acids is 1. The van der Waals surface area contributed by atoms with Crippen molar-refractivity contribution in [2.75, 3.05) is 0 Å². The van der Waals surface area contributed by atoms with Crippen molar-refractivity contribution in [3.63, 3.8) is 0 Å². The lowest BCUT2D eigenvalue weighted by Gasteiger charge is -2.09. The van der Waals surface area contributed by atoms with E-state index in [-0.39, 0.29) is 5.56 Å². The molecule has 1 N–H and O–H groups in total. The molecular weight excluding hydrogens is 268 g/mol. The number of aromatic nitrogens is 4. The lowest BCUT2D eigenvalue weighted by molar-refractivity contribution is 0.0697. The van der Waals surface area contributed by atoms with E-state index in [4.69, 9.17) is 5.11 Å². The minimum absolute atomic E-state index is 0.214. The zero-order valence-corrected chi connectivity index (χ0v) is 11.5. The highest BCUT2D eigenvalue weighted by atomic mass is 16.4. The minimum atomic E-state index is -0.966. The molecule has 2 aromatic heterocycles. The smallest absolute Gasteiger partial charge is 0.335 e. The first kappa shape index (κ1) is 13.2. The van der Waals surface area contributed by atoms with Crippen LogP contribution in [-0.2, 0) is 6.42 Å². The van der Waals surface area contributed by atoms with Crippen molar-refractivity contribution >= 4 is 16.9 Å². The second-order valence-electron chi connectivity index (χ2n) is 4.70. The number of fused-ring (bicyclic) bond motifs is 1. The molecule has 6 heteroatoms. The molecule has 0 saturated carbocycles. The van der Waals surface area contributed by atoms with Gasteiger partial charge in [-0.3, -0.25) is 4.57 Å². The molecule has 6 nitrogen and oxygen atoms in total. The molecule has 0 bridgehead atoms. The monoisotopic (exact) mass is 282 g/mol. The molecule has 1 aromatic carbocycles. The number of nitrogens with zero attached hydrogens (tertiary/aromatic N) is 4. The number of hydrogen-bond donors (Lipinski definition) is 1. The average Bonchev–Trinajstić information content (AvgIpc) is 2.94. The van der Waals surface area contributed by atoms with Gasteiger partial charge in [0.25, 0.3) is 0 Å². The predicted molar refractivity (Wildman–Crippen MR) is 77.6 cm³/mol. The fourth-order valence-corrected chi connectivity index (χ4v) is 2.30. The lowest BCUT2D eigenvalue weighted by atomic mass is 10.1.